The molecule has 0 bridgehead atoms. The maximum Gasteiger partial charge on any atom is 0.276 e. The number of benzene rings is 1. The van der Waals surface area contributed by atoms with Crippen LogP contribution in [0.2, 0.25) is 0 Å². The van der Waals surface area contributed by atoms with E-state index in [1.54, 1.807) is 18.2 Å². The van der Waals surface area contributed by atoms with E-state index in [0.717, 1.165) is 5.56 Å². The number of nitrogens with zero attached hydrogens (tertiary/aromatic N) is 1. The molecule has 1 aromatic heterocycles. The topological polar surface area (TPSA) is 80.3 Å². The van der Waals surface area contributed by atoms with Gasteiger partial charge in [-0.05, 0) is 30.7 Å². The van der Waals surface area contributed by atoms with Crippen LogP contribution in [0.4, 0.5) is 0 Å². The highest BCUT2D eigenvalue weighted by Gasteiger charge is 2.08. The van der Waals surface area contributed by atoms with Crippen molar-refractivity contribution in [3.63, 3.8) is 0 Å². The number of aromatic nitrogens is 1. The molecule has 21 heavy (non-hydrogen) atoms. The summed E-state index contributed by atoms with van der Waals surface area (Å²) in [6.45, 7) is 1.71. The number of aryl methyl sites for hydroxylation is 1. The van der Waals surface area contributed by atoms with Crippen molar-refractivity contribution in [2.75, 3.05) is 6.61 Å². The summed E-state index contributed by atoms with van der Waals surface area (Å²) in [4.78, 5) is 27.1. The van der Waals surface area contributed by atoms with Gasteiger partial charge in [-0.2, -0.15) is 0 Å². The Hall–Kier alpha value is -2.89. The molecular weight excluding hydrogens is 270 g/mol. The number of ether oxygens (including phenoxy) is 1. The van der Waals surface area contributed by atoms with Crippen molar-refractivity contribution in [1.82, 2.24) is 15.8 Å². The van der Waals surface area contributed by atoms with Crippen molar-refractivity contribution >= 4 is 11.8 Å². The summed E-state index contributed by atoms with van der Waals surface area (Å²) in [6, 6.07) is 10.5. The lowest BCUT2D eigenvalue weighted by atomic mass is 10.2. The van der Waals surface area contributed by atoms with Crippen LogP contribution in [0.5, 0.6) is 5.75 Å². The molecule has 0 aliphatic heterocycles. The van der Waals surface area contributed by atoms with Crippen LogP contribution in [-0.2, 0) is 4.79 Å². The number of carbonyl (C=O) groups is 2. The molecular formula is C15H15N3O3. The number of pyridine rings is 1. The van der Waals surface area contributed by atoms with Crippen molar-refractivity contribution in [2.24, 2.45) is 0 Å². The number of amides is 2. The number of rotatable bonds is 4. The predicted molar refractivity (Wildman–Crippen MR) is 76.5 cm³/mol. The lowest BCUT2D eigenvalue weighted by molar-refractivity contribution is -0.123. The zero-order valence-electron chi connectivity index (χ0n) is 11.5. The molecule has 0 saturated carbocycles. The lowest BCUT2D eigenvalue weighted by Crippen LogP contribution is -2.43. The van der Waals surface area contributed by atoms with Crippen LogP contribution >= 0.6 is 0 Å². The molecule has 0 atom stereocenters. The minimum atomic E-state index is -0.444. The molecule has 6 heteroatoms. The Morgan fingerprint density at radius 1 is 1.10 bits per heavy atom. The first-order valence-electron chi connectivity index (χ1n) is 6.34. The maximum absolute atomic E-state index is 11.7. The Labute approximate surface area is 122 Å². The van der Waals surface area contributed by atoms with E-state index in [2.05, 4.69) is 15.8 Å². The summed E-state index contributed by atoms with van der Waals surface area (Å²) >= 11 is 0. The van der Waals surface area contributed by atoms with Crippen molar-refractivity contribution in [1.29, 1.82) is 0 Å². The predicted octanol–water partition coefficient (Wildman–Crippen LogP) is 1.23. The van der Waals surface area contributed by atoms with Gasteiger partial charge in [-0.1, -0.05) is 18.2 Å². The molecule has 6 nitrogen and oxygen atoms in total. The van der Waals surface area contributed by atoms with Gasteiger partial charge in [0.05, 0.1) is 0 Å². The number of hydrazine groups is 1. The standard InChI is InChI=1S/C15H15N3O3/c1-11-4-2-3-5-13(11)21-10-14(19)17-18-15(20)12-6-8-16-9-7-12/h2-9H,10H2,1H3,(H,17,19)(H,18,20). The highest BCUT2D eigenvalue weighted by Crippen LogP contribution is 2.15. The number of nitrogens with one attached hydrogen (secondary N) is 2. The number of hydrogen-bond donors (Lipinski definition) is 2. The average molecular weight is 285 g/mol. The summed E-state index contributed by atoms with van der Waals surface area (Å²) in [7, 11) is 0. The molecule has 2 amide bonds. The molecule has 0 unspecified atom stereocenters. The first-order valence-corrected chi connectivity index (χ1v) is 6.34. The van der Waals surface area contributed by atoms with E-state index in [1.165, 1.54) is 12.4 Å². The fourth-order valence-corrected chi connectivity index (χ4v) is 1.60. The molecule has 0 radical (unpaired) electrons. The van der Waals surface area contributed by atoms with Crippen LogP contribution in [0.25, 0.3) is 0 Å². The Bertz CT molecular complexity index is 629. The van der Waals surface area contributed by atoms with Gasteiger partial charge in [0.2, 0.25) is 0 Å². The van der Waals surface area contributed by atoms with Gasteiger partial charge in [-0.15, -0.1) is 0 Å². The fourth-order valence-electron chi connectivity index (χ4n) is 1.60. The second-order valence-electron chi connectivity index (χ2n) is 4.29. The van der Waals surface area contributed by atoms with Crippen LogP contribution < -0.4 is 15.6 Å². The molecule has 108 valence electrons. The molecule has 2 N–H and O–H groups in total. The van der Waals surface area contributed by atoms with Crippen molar-refractivity contribution < 1.29 is 14.3 Å². The summed E-state index contributed by atoms with van der Waals surface area (Å²) in [5.74, 6) is -0.226. The van der Waals surface area contributed by atoms with Crippen LogP contribution in [0.3, 0.4) is 0 Å². The first kappa shape index (κ1) is 14.5. The van der Waals surface area contributed by atoms with Gasteiger partial charge < -0.3 is 4.74 Å². The second-order valence-corrected chi connectivity index (χ2v) is 4.29. The van der Waals surface area contributed by atoms with Gasteiger partial charge in [0, 0.05) is 18.0 Å². The second kappa shape index (κ2) is 7.04. The number of para-hydroxylation sites is 1. The van der Waals surface area contributed by atoms with Gasteiger partial charge >= 0.3 is 0 Å². The van der Waals surface area contributed by atoms with Crippen molar-refractivity contribution in [3.8, 4) is 5.75 Å². The van der Waals surface area contributed by atoms with E-state index < -0.39 is 11.8 Å². The van der Waals surface area contributed by atoms with Gasteiger partial charge in [-0.25, -0.2) is 0 Å². The molecule has 0 spiro atoms. The van der Waals surface area contributed by atoms with Crippen LogP contribution in [0.1, 0.15) is 15.9 Å². The minimum Gasteiger partial charge on any atom is -0.483 e. The third kappa shape index (κ3) is 4.31. The Kier molecular flexibility index (Phi) is 4.87. The smallest absolute Gasteiger partial charge is 0.276 e. The highest BCUT2D eigenvalue weighted by molar-refractivity contribution is 5.95. The average Bonchev–Trinajstić information content (AvgIpc) is 2.52. The first-order chi connectivity index (χ1) is 10.2. The molecule has 2 rings (SSSR count). The Balaban J connectivity index is 1.78. The quantitative estimate of drug-likeness (QED) is 0.828. The van der Waals surface area contributed by atoms with E-state index in [9.17, 15) is 9.59 Å². The summed E-state index contributed by atoms with van der Waals surface area (Å²) < 4.78 is 5.36. The van der Waals surface area contributed by atoms with E-state index in [0.29, 0.717) is 11.3 Å². The Morgan fingerprint density at radius 2 is 1.81 bits per heavy atom. The lowest BCUT2D eigenvalue weighted by Gasteiger charge is -2.10. The summed E-state index contributed by atoms with van der Waals surface area (Å²) in [6.07, 6.45) is 3.00. The summed E-state index contributed by atoms with van der Waals surface area (Å²) in [5, 5.41) is 0. The molecule has 0 aliphatic carbocycles. The zero-order chi connectivity index (χ0) is 15.1. The normalized spacial score (nSPS) is 9.76. The van der Waals surface area contributed by atoms with Gasteiger partial charge in [0.15, 0.2) is 6.61 Å². The van der Waals surface area contributed by atoms with E-state index >= 15 is 0 Å². The third-order valence-electron chi connectivity index (χ3n) is 2.71. The highest BCUT2D eigenvalue weighted by atomic mass is 16.5. The third-order valence-corrected chi connectivity index (χ3v) is 2.71. The Morgan fingerprint density at radius 3 is 2.52 bits per heavy atom. The van der Waals surface area contributed by atoms with Crippen LogP contribution in [-0.4, -0.2) is 23.4 Å². The molecule has 1 heterocycles. The van der Waals surface area contributed by atoms with Crippen molar-refractivity contribution in [2.45, 2.75) is 6.92 Å². The molecule has 1 aromatic carbocycles. The van der Waals surface area contributed by atoms with E-state index in [1.807, 2.05) is 25.1 Å². The molecule has 0 aliphatic rings. The van der Waals surface area contributed by atoms with E-state index in [4.69, 9.17) is 4.74 Å². The van der Waals surface area contributed by atoms with Gasteiger partial charge in [-0.3, -0.25) is 25.4 Å². The van der Waals surface area contributed by atoms with Gasteiger partial charge in [0.1, 0.15) is 5.75 Å². The van der Waals surface area contributed by atoms with Gasteiger partial charge in [0.25, 0.3) is 11.8 Å². The summed E-state index contributed by atoms with van der Waals surface area (Å²) in [5.41, 5.74) is 5.93. The maximum atomic E-state index is 11.7. The van der Waals surface area contributed by atoms with Crippen LogP contribution in [0.15, 0.2) is 48.8 Å². The minimum absolute atomic E-state index is 0.179. The van der Waals surface area contributed by atoms with Crippen LogP contribution in [0, 0.1) is 6.92 Å². The molecule has 0 saturated heterocycles. The molecule has 2 aromatic rings. The number of carbonyl (C=O) groups excluding carboxylic acids is 2. The van der Waals surface area contributed by atoms with E-state index in [-0.39, 0.29) is 6.61 Å². The SMILES string of the molecule is Cc1ccccc1OCC(=O)NNC(=O)c1ccncc1. The monoisotopic (exact) mass is 285 g/mol. The zero-order valence-corrected chi connectivity index (χ0v) is 11.5. The van der Waals surface area contributed by atoms with Crippen molar-refractivity contribution in [3.05, 3.63) is 59.9 Å². The molecule has 0 fully saturated rings. The number of hydrogen-bond acceptors (Lipinski definition) is 4. The fraction of sp³-hybridized carbons (Fsp3) is 0.133. The largest absolute Gasteiger partial charge is 0.483 e.